The molecule has 0 radical (unpaired) electrons. The van der Waals surface area contributed by atoms with Crippen LogP contribution in [0.1, 0.15) is 19.5 Å². The van der Waals surface area contributed by atoms with Crippen LogP contribution in [0.4, 0.5) is 0 Å². The summed E-state index contributed by atoms with van der Waals surface area (Å²) in [5, 5.41) is 2.98. The molecule has 13 heavy (non-hydrogen) atoms. The molecular weight excluding hydrogens is 168 g/mol. The van der Waals surface area contributed by atoms with Crippen LogP contribution >= 0.6 is 0 Å². The quantitative estimate of drug-likeness (QED) is 0.752. The van der Waals surface area contributed by atoms with E-state index in [2.05, 4.69) is 24.1 Å². The molecule has 0 bridgehead atoms. The van der Waals surface area contributed by atoms with Crippen molar-refractivity contribution in [3.05, 3.63) is 12.0 Å². The molecule has 4 heteroatoms. The van der Waals surface area contributed by atoms with Crippen LogP contribution < -0.4 is 10.1 Å². The minimum Gasteiger partial charge on any atom is -0.450 e. The molecule has 1 aromatic heterocycles. The molecule has 1 rings (SSSR count). The van der Waals surface area contributed by atoms with Gasteiger partial charge in [0.1, 0.15) is 6.26 Å². The van der Waals surface area contributed by atoms with Crippen molar-refractivity contribution in [2.75, 3.05) is 13.7 Å². The Morgan fingerprint density at radius 2 is 2.38 bits per heavy atom. The number of hydrogen-bond acceptors (Lipinski definition) is 4. The molecule has 0 spiro atoms. The molecule has 0 aliphatic rings. The molecule has 0 saturated heterocycles. The second-order valence-corrected chi connectivity index (χ2v) is 3.34. The molecule has 0 aliphatic heterocycles. The van der Waals surface area contributed by atoms with Gasteiger partial charge in [-0.05, 0) is 13.0 Å². The Kier molecular flexibility index (Phi) is 3.76. The molecule has 0 unspecified atom stereocenters. The van der Waals surface area contributed by atoms with Gasteiger partial charge >= 0.3 is 6.08 Å². The maximum absolute atomic E-state index is 5.29. The van der Waals surface area contributed by atoms with Crippen LogP contribution in [0.15, 0.2) is 10.7 Å². The van der Waals surface area contributed by atoms with Crippen molar-refractivity contribution < 1.29 is 9.15 Å². The summed E-state index contributed by atoms with van der Waals surface area (Å²) < 4.78 is 10.4. The van der Waals surface area contributed by atoms with Crippen molar-refractivity contribution in [1.82, 2.24) is 10.3 Å². The second kappa shape index (κ2) is 4.87. The van der Waals surface area contributed by atoms with E-state index in [-0.39, 0.29) is 0 Å². The number of rotatable bonds is 5. The molecule has 0 amide bonds. The van der Waals surface area contributed by atoms with Gasteiger partial charge < -0.3 is 14.5 Å². The number of hydrogen-bond donors (Lipinski definition) is 1. The zero-order valence-corrected chi connectivity index (χ0v) is 8.33. The van der Waals surface area contributed by atoms with Crippen LogP contribution in [0.25, 0.3) is 0 Å². The average Bonchev–Trinajstić information content (AvgIpc) is 2.50. The van der Waals surface area contributed by atoms with Crippen LogP contribution in [0, 0.1) is 5.92 Å². The van der Waals surface area contributed by atoms with Crippen LogP contribution in [-0.2, 0) is 6.54 Å². The lowest BCUT2D eigenvalue weighted by Crippen LogP contribution is -2.06. The lowest BCUT2D eigenvalue weighted by molar-refractivity contribution is 0.202. The van der Waals surface area contributed by atoms with Gasteiger partial charge in [-0.25, -0.2) is 0 Å². The molecule has 0 atom stereocenters. The van der Waals surface area contributed by atoms with Crippen molar-refractivity contribution in [1.29, 1.82) is 0 Å². The summed E-state index contributed by atoms with van der Waals surface area (Å²) in [7, 11) is 1.86. The van der Waals surface area contributed by atoms with E-state index in [1.54, 1.807) is 6.26 Å². The van der Waals surface area contributed by atoms with Crippen molar-refractivity contribution in [3.8, 4) is 6.08 Å². The van der Waals surface area contributed by atoms with Gasteiger partial charge in [-0.2, -0.15) is 4.98 Å². The molecule has 1 heterocycles. The summed E-state index contributed by atoms with van der Waals surface area (Å²) >= 11 is 0. The Labute approximate surface area is 78.3 Å². The van der Waals surface area contributed by atoms with Crippen LogP contribution in [0.3, 0.4) is 0 Å². The van der Waals surface area contributed by atoms with E-state index >= 15 is 0 Å². The fraction of sp³-hybridized carbons (Fsp3) is 0.667. The SMILES string of the molecule is CNCc1coc(OCC(C)C)n1. The molecule has 1 aromatic rings. The third-order valence-corrected chi connectivity index (χ3v) is 1.43. The molecule has 0 aromatic carbocycles. The fourth-order valence-corrected chi connectivity index (χ4v) is 0.855. The van der Waals surface area contributed by atoms with Gasteiger partial charge in [0.2, 0.25) is 0 Å². The minimum atomic E-state index is 0.360. The summed E-state index contributed by atoms with van der Waals surface area (Å²) in [6, 6.07) is 0. The van der Waals surface area contributed by atoms with E-state index in [4.69, 9.17) is 9.15 Å². The Morgan fingerprint density at radius 1 is 1.62 bits per heavy atom. The largest absolute Gasteiger partial charge is 0.450 e. The standard InChI is InChI=1S/C9H16N2O2/c1-7(2)5-12-9-11-8(4-10-3)6-13-9/h6-7,10H,4-5H2,1-3H3. The van der Waals surface area contributed by atoms with Crippen LogP contribution in [0.2, 0.25) is 0 Å². The third-order valence-electron chi connectivity index (χ3n) is 1.43. The van der Waals surface area contributed by atoms with Crippen LogP contribution in [-0.4, -0.2) is 18.6 Å². The maximum atomic E-state index is 5.29. The fourth-order valence-electron chi connectivity index (χ4n) is 0.855. The first-order chi connectivity index (χ1) is 6.22. The van der Waals surface area contributed by atoms with Crippen molar-refractivity contribution >= 4 is 0 Å². The maximum Gasteiger partial charge on any atom is 0.393 e. The first-order valence-electron chi connectivity index (χ1n) is 4.44. The first kappa shape index (κ1) is 10.1. The van der Waals surface area contributed by atoms with Crippen LogP contribution in [0.5, 0.6) is 6.08 Å². The van der Waals surface area contributed by atoms with E-state index in [1.165, 1.54) is 0 Å². The number of nitrogens with zero attached hydrogens (tertiary/aromatic N) is 1. The highest BCUT2D eigenvalue weighted by Gasteiger charge is 2.04. The molecule has 1 N–H and O–H groups in total. The Bertz CT molecular complexity index is 246. The molecule has 0 saturated carbocycles. The van der Waals surface area contributed by atoms with Crippen molar-refractivity contribution in [2.24, 2.45) is 5.92 Å². The number of ether oxygens (including phenoxy) is 1. The number of oxazole rings is 1. The molecule has 0 aliphatic carbocycles. The molecular formula is C9H16N2O2. The zero-order valence-electron chi connectivity index (χ0n) is 8.33. The summed E-state index contributed by atoms with van der Waals surface area (Å²) in [4.78, 5) is 4.12. The van der Waals surface area contributed by atoms with E-state index in [0.717, 1.165) is 5.69 Å². The number of nitrogens with one attached hydrogen (secondary N) is 1. The highest BCUT2D eigenvalue weighted by atomic mass is 16.6. The molecule has 0 fully saturated rings. The Balaban J connectivity index is 2.39. The summed E-state index contributed by atoms with van der Waals surface area (Å²) in [5.41, 5.74) is 0.862. The second-order valence-electron chi connectivity index (χ2n) is 3.34. The number of aromatic nitrogens is 1. The monoisotopic (exact) mass is 184 g/mol. The van der Waals surface area contributed by atoms with Gasteiger partial charge in [0.05, 0.1) is 12.3 Å². The smallest absolute Gasteiger partial charge is 0.393 e. The predicted molar refractivity (Wildman–Crippen MR) is 49.6 cm³/mol. The van der Waals surface area contributed by atoms with E-state index < -0.39 is 0 Å². The van der Waals surface area contributed by atoms with E-state index in [9.17, 15) is 0 Å². The average molecular weight is 184 g/mol. The highest BCUT2D eigenvalue weighted by Crippen LogP contribution is 2.10. The highest BCUT2D eigenvalue weighted by molar-refractivity contribution is 4.99. The van der Waals surface area contributed by atoms with Crippen molar-refractivity contribution in [2.45, 2.75) is 20.4 Å². The minimum absolute atomic E-state index is 0.360. The van der Waals surface area contributed by atoms with Gasteiger partial charge in [0.15, 0.2) is 0 Å². The normalized spacial score (nSPS) is 10.8. The predicted octanol–water partition coefficient (Wildman–Crippen LogP) is 1.43. The first-order valence-corrected chi connectivity index (χ1v) is 4.44. The van der Waals surface area contributed by atoms with Gasteiger partial charge in [-0.15, -0.1) is 0 Å². The molecule has 74 valence electrons. The summed E-state index contributed by atoms with van der Waals surface area (Å²) in [5.74, 6) is 0.486. The van der Waals surface area contributed by atoms with Gasteiger partial charge in [0, 0.05) is 6.54 Å². The van der Waals surface area contributed by atoms with Gasteiger partial charge in [0.25, 0.3) is 0 Å². The summed E-state index contributed by atoms with van der Waals surface area (Å²) in [6.07, 6.45) is 1.96. The Morgan fingerprint density at radius 3 is 3.00 bits per heavy atom. The van der Waals surface area contributed by atoms with Crippen molar-refractivity contribution in [3.63, 3.8) is 0 Å². The third kappa shape index (κ3) is 3.46. The lowest BCUT2D eigenvalue weighted by Gasteiger charge is -2.02. The van der Waals surface area contributed by atoms with Gasteiger partial charge in [-0.3, -0.25) is 0 Å². The van der Waals surface area contributed by atoms with E-state index in [0.29, 0.717) is 25.1 Å². The Hall–Kier alpha value is -1.03. The zero-order chi connectivity index (χ0) is 9.68. The van der Waals surface area contributed by atoms with Gasteiger partial charge in [-0.1, -0.05) is 13.8 Å². The van der Waals surface area contributed by atoms with E-state index in [1.807, 2.05) is 7.05 Å². The lowest BCUT2D eigenvalue weighted by atomic mass is 10.2. The topological polar surface area (TPSA) is 47.3 Å². The molecule has 4 nitrogen and oxygen atoms in total. The summed E-state index contributed by atoms with van der Waals surface area (Å²) in [6.45, 7) is 5.50.